The first kappa shape index (κ1) is 14.8. The molecule has 1 aliphatic rings. The molecule has 0 saturated carbocycles. The van der Waals surface area contributed by atoms with Gasteiger partial charge in [-0.3, -0.25) is 0 Å². The quantitative estimate of drug-likeness (QED) is 0.886. The molecule has 2 rings (SSSR count). The van der Waals surface area contributed by atoms with E-state index in [1.54, 1.807) is 0 Å². The van der Waals surface area contributed by atoms with Crippen molar-refractivity contribution in [1.29, 1.82) is 5.26 Å². The number of nitrogens with one attached hydrogen (secondary N) is 1. The molecule has 0 aromatic carbocycles. The van der Waals surface area contributed by atoms with Gasteiger partial charge in [-0.15, -0.1) is 0 Å². The molecule has 1 fully saturated rings. The number of methoxy groups -OCH3 is 1. The van der Waals surface area contributed by atoms with Gasteiger partial charge < -0.3 is 10.1 Å². The largest absolute Gasteiger partial charge is 0.378 e. The topological polar surface area (TPSA) is 92.1 Å². The second-order valence-corrected chi connectivity index (χ2v) is 7.17. The van der Waals surface area contributed by atoms with Crippen LogP contribution in [0.25, 0.3) is 0 Å². The van der Waals surface area contributed by atoms with Crippen LogP contribution in [0.1, 0.15) is 16.8 Å². The van der Waals surface area contributed by atoms with Gasteiger partial charge in [0.25, 0.3) is 0 Å². The van der Waals surface area contributed by atoms with Crippen molar-refractivity contribution >= 4 is 15.7 Å². The number of aromatic nitrogens is 1. The minimum atomic E-state index is -3.11. The average Bonchev–Trinajstić information content (AvgIpc) is 2.63. The SMILES string of the molecule is CO[C@H]1CS(=O)(=O)C[C@@H]1Nc1nc(C)cc(C)c1C#N. The monoisotopic (exact) mass is 295 g/mol. The molecule has 108 valence electrons. The van der Waals surface area contributed by atoms with Crippen LogP contribution in [-0.4, -0.2) is 44.2 Å². The number of rotatable bonds is 3. The lowest BCUT2D eigenvalue weighted by atomic mass is 10.1. The highest BCUT2D eigenvalue weighted by Crippen LogP contribution is 2.23. The summed E-state index contributed by atoms with van der Waals surface area (Å²) >= 11 is 0. The lowest BCUT2D eigenvalue weighted by Gasteiger charge is -2.20. The van der Waals surface area contributed by atoms with Crippen molar-refractivity contribution in [3.05, 3.63) is 22.9 Å². The number of hydrogen-bond donors (Lipinski definition) is 1. The molecule has 7 heteroatoms. The number of nitriles is 1. The van der Waals surface area contributed by atoms with Crippen molar-refractivity contribution < 1.29 is 13.2 Å². The van der Waals surface area contributed by atoms with Gasteiger partial charge in [0.15, 0.2) is 9.84 Å². The third kappa shape index (κ3) is 2.92. The van der Waals surface area contributed by atoms with Gasteiger partial charge in [0, 0.05) is 12.8 Å². The highest BCUT2D eigenvalue weighted by Gasteiger charge is 2.38. The summed E-state index contributed by atoms with van der Waals surface area (Å²) in [4.78, 5) is 4.30. The fourth-order valence-electron chi connectivity index (χ4n) is 2.44. The summed E-state index contributed by atoms with van der Waals surface area (Å²) in [5, 5.41) is 12.3. The molecule has 1 N–H and O–H groups in total. The van der Waals surface area contributed by atoms with E-state index >= 15 is 0 Å². The number of pyridine rings is 1. The molecule has 0 radical (unpaired) electrons. The molecule has 6 nitrogen and oxygen atoms in total. The van der Waals surface area contributed by atoms with E-state index in [0.29, 0.717) is 11.4 Å². The number of sulfone groups is 1. The summed E-state index contributed by atoms with van der Waals surface area (Å²) in [5.41, 5.74) is 2.03. The maximum absolute atomic E-state index is 11.7. The van der Waals surface area contributed by atoms with E-state index in [4.69, 9.17) is 4.74 Å². The van der Waals surface area contributed by atoms with Gasteiger partial charge in [0.05, 0.1) is 29.2 Å². The van der Waals surface area contributed by atoms with Crippen molar-refractivity contribution in [1.82, 2.24) is 4.98 Å². The standard InChI is InChI=1S/C13H17N3O3S/c1-8-4-9(2)15-13(10(8)5-14)16-11-6-20(17,18)7-12(11)19-3/h4,11-12H,6-7H2,1-3H3,(H,15,16)/t11-,12-/m0/s1. The Labute approximate surface area is 118 Å². The van der Waals surface area contributed by atoms with Crippen LogP contribution in [0, 0.1) is 25.2 Å². The summed E-state index contributed by atoms with van der Waals surface area (Å²) in [7, 11) is -1.63. The van der Waals surface area contributed by atoms with E-state index in [-0.39, 0.29) is 17.5 Å². The molecular weight excluding hydrogens is 278 g/mol. The zero-order chi connectivity index (χ0) is 14.9. The predicted octanol–water partition coefficient (Wildman–Crippen LogP) is 0.794. The first-order valence-corrected chi connectivity index (χ1v) is 8.06. The van der Waals surface area contributed by atoms with Gasteiger partial charge in [-0.05, 0) is 25.5 Å². The smallest absolute Gasteiger partial charge is 0.155 e. The number of nitrogens with zero attached hydrogens (tertiary/aromatic N) is 2. The van der Waals surface area contributed by atoms with E-state index in [1.165, 1.54) is 7.11 Å². The van der Waals surface area contributed by atoms with Crippen molar-refractivity contribution in [2.24, 2.45) is 0 Å². The zero-order valence-electron chi connectivity index (χ0n) is 11.7. The summed E-state index contributed by atoms with van der Waals surface area (Å²) in [6, 6.07) is 3.54. The molecule has 0 amide bonds. The van der Waals surface area contributed by atoms with Crippen molar-refractivity contribution in [3.63, 3.8) is 0 Å². The fourth-order valence-corrected chi connectivity index (χ4v) is 4.29. The summed E-state index contributed by atoms with van der Waals surface area (Å²) in [6.45, 7) is 3.66. The maximum Gasteiger partial charge on any atom is 0.155 e. The van der Waals surface area contributed by atoms with Gasteiger partial charge in [-0.25, -0.2) is 13.4 Å². The second-order valence-electron chi connectivity index (χ2n) is 5.02. The Hall–Kier alpha value is -1.65. The second kappa shape index (κ2) is 5.38. The molecule has 0 spiro atoms. The normalized spacial score (nSPS) is 24.3. The highest BCUT2D eigenvalue weighted by atomic mass is 32.2. The highest BCUT2D eigenvalue weighted by molar-refractivity contribution is 7.91. The minimum Gasteiger partial charge on any atom is -0.378 e. The molecule has 1 saturated heterocycles. The Balaban J connectivity index is 2.33. The van der Waals surface area contributed by atoms with Crippen LogP contribution in [-0.2, 0) is 14.6 Å². The van der Waals surface area contributed by atoms with E-state index in [2.05, 4.69) is 16.4 Å². The summed E-state index contributed by atoms with van der Waals surface area (Å²) < 4.78 is 28.6. The van der Waals surface area contributed by atoms with Crippen LogP contribution in [0.15, 0.2) is 6.07 Å². The molecule has 0 unspecified atom stereocenters. The molecule has 1 aromatic heterocycles. The zero-order valence-corrected chi connectivity index (χ0v) is 12.5. The first-order valence-electron chi connectivity index (χ1n) is 6.24. The Kier molecular flexibility index (Phi) is 3.97. The maximum atomic E-state index is 11.7. The third-order valence-electron chi connectivity index (χ3n) is 3.38. The van der Waals surface area contributed by atoms with Crippen molar-refractivity contribution in [3.8, 4) is 6.07 Å². The Morgan fingerprint density at radius 3 is 2.75 bits per heavy atom. The molecular formula is C13H17N3O3S. The molecule has 0 bridgehead atoms. The molecule has 2 atom stereocenters. The lowest BCUT2D eigenvalue weighted by molar-refractivity contribution is 0.115. The van der Waals surface area contributed by atoms with Crippen LogP contribution < -0.4 is 5.32 Å². The number of aryl methyl sites for hydroxylation is 2. The van der Waals surface area contributed by atoms with Gasteiger partial charge in [-0.1, -0.05) is 0 Å². The number of hydrogen-bond acceptors (Lipinski definition) is 6. The van der Waals surface area contributed by atoms with E-state index in [0.717, 1.165) is 11.3 Å². The summed E-state index contributed by atoms with van der Waals surface area (Å²) in [6.07, 6.45) is -0.422. The van der Waals surface area contributed by atoms with E-state index < -0.39 is 15.9 Å². The van der Waals surface area contributed by atoms with Crippen molar-refractivity contribution in [2.45, 2.75) is 26.0 Å². The number of ether oxygens (including phenoxy) is 1. The fraction of sp³-hybridized carbons (Fsp3) is 0.538. The average molecular weight is 295 g/mol. The van der Waals surface area contributed by atoms with Crippen LogP contribution in [0.2, 0.25) is 0 Å². The van der Waals surface area contributed by atoms with Gasteiger partial charge in [0.2, 0.25) is 0 Å². The molecule has 0 aliphatic carbocycles. The molecule has 1 aliphatic heterocycles. The third-order valence-corrected chi connectivity index (χ3v) is 5.09. The van der Waals surface area contributed by atoms with Crippen LogP contribution in [0.5, 0.6) is 0 Å². The molecule has 2 heterocycles. The van der Waals surface area contributed by atoms with Gasteiger partial charge in [-0.2, -0.15) is 5.26 Å². The molecule has 20 heavy (non-hydrogen) atoms. The van der Waals surface area contributed by atoms with Gasteiger partial charge >= 0.3 is 0 Å². The Morgan fingerprint density at radius 2 is 2.15 bits per heavy atom. The van der Waals surface area contributed by atoms with Crippen LogP contribution >= 0.6 is 0 Å². The predicted molar refractivity (Wildman–Crippen MR) is 75.3 cm³/mol. The molecule has 1 aromatic rings. The Morgan fingerprint density at radius 1 is 1.45 bits per heavy atom. The van der Waals surface area contributed by atoms with Crippen molar-refractivity contribution in [2.75, 3.05) is 23.9 Å². The van der Waals surface area contributed by atoms with E-state index in [1.807, 2.05) is 19.9 Å². The first-order chi connectivity index (χ1) is 9.36. The van der Waals surface area contributed by atoms with Crippen LogP contribution in [0.4, 0.5) is 5.82 Å². The van der Waals surface area contributed by atoms with Crippen LogP contribution in [0.3, 0.4) is 0 Å². The number of anilines is 1. The summed E-state index contributed by atoms with van der Waals surface area (Å²) in [5.74, 6) is 0.410. The Bertz CT molecular complexity index is 664. The van der Waals surface area contributed by atoms with Gasteiger partial charge in [0.1, 0.15) is 11.9 Å². The van der Waals surface area contributed by atoms with E-state index in [9.17, 15) is 13.7 Å². The lowest BCUT2D eigenvalue weighted by Crippen LogP contribution is -2.34. The minimum absolute atomic E-state index is 0.00610.